The fourth-order valence-electron chi connectivity index (χ4n) is 2.13. The average Bonchev–Trinajstić information content (AvgIpc) is 2.53. The molecule has 0 aliphatic rings. The van der Waals surface area contributed by atoms with Crippen molar-refractivity contribution in [3.8, 4) is 5.75 Å². The maximum absolute atomic E-state index is 10.1. The monoisotopic (exact) mass is 328 g/mol. The lowest BCUT2D eigenvalue weighted by Crippen LogP contribution is -2.47. The Morgan fingerprint density at radius 1 is 0.875 bits per heavy atom. The lowest BCUT2D eigenvalue weighted by molar-refractivity contribution is -0.146. The highest BCUT2D eigenvalue weighted by atomic mass is 16.5. The van der Waals surface area contributed by atoms with Crippen LogP contribution in [0.4, 0.5) is 0 Å². The number of hydrogen-bond donors (Lipinski definition) is 1. The Kier molecular flexibility index (Phi) is 6.03. The molecule has 0 amide bonds. The summed E-state index contributed by atoms with van der Waals surface area (Å²) < 4.78 is 11.7. The van der Waals surface area contributed by atoms with Gasteiger partial charge in [0.1, 0.15) is 12.4 Å². The predicted octanol–water partition coefficient (Wildman–Crippen LogP) is 4.37. The second kappa shape index (κ2) is 7.82. The van der Waals surface area contributed by atoms with Crippen LogP contribution in [0, 0.1) is 0 Å². The second-order valence-corrected chi connectivity index (χ2v) is 7.09. The van der Waals surface area contributed by atoms with Crippen LogP contribution in [0.25, 0.3) is 0 Å². The largest absolute Gasteiger partial charge is 0.489 e. The molecule has 0 fully saturated rings. The van der Waals surface area contributed by atoms with Gasteiger partial charge >= 0.3 is 0 Å². The van der Waals surface area contributed by atoms with Crippen molar-refractivity contribution in [2.45, 2.75) is 51.9 Å². The first kappa shape index (κ1) is 18.5. The molecular formula is C21H28O3. The molecule has 0 saturated carbocycles. The van der Waals surface area contributed by atoms with Crippen molar-refractivity contribution in [3.63, 3.8) is 0 Å². The van der Waals surface area contributed by atoms with Crippen LogP contribution < -0.4 is 4.74 Å². The minimum atomic E-state index is -0.881. The SMILES string of the molecule is CC(C)(O)C(C)(C)OCCc1cccc(OCc2ccccc2)c1. The zero-order valence-electron chi connectivity index (χ0n) is 15.1. The van der Waals surface area contributed by atoms with E-state index in [1.54, 1.807) is 13.8 Å². The zero-order chi connectivity index (χ0) is 17.6. The van der Waals surface area contributed by atoms with Gasteiger partial charge in [-0.3, -0.25) is 0 Å². The Hall–Kier alpha value is -1.84. The molecule has 3 nitrogen and oxygen atoms in total. The van der Waals surface area contributed by atoms with E-state index in [1.165, 1.54) is 0 Å². The summed E-state index contributed by atoms with van der Waals surface area (Å²) in [6.45, 7) is 8.47. The van der Waals surface area contributed by atoms with E-state index in [4.69, 9.17) is 9.47 Å². The van der Waals surface area contributed by atoms with Gasteiger partial charge in [-0.05, 0) is 57.4 Å². The first-order chi connectivity index (χ1) is 11.3. The number of ether oxygens (including phenoxy) is 2. The molecule has 0 saturated heterocycles. The van der Waals surface area contributed by atoms with Gasteiger partial charge in [0.2, 0.25) is 0 Å². The molecule has 0 heterocycles. The zero-order valence-corrected chi connectivity index (χ0v) is 15.1. The topological polar surface area (TPSA) is 38.7 Å². The summed E-state index contributed by atoms with van der Waals surface area (Å²) in [4.78, 5) is 0. The Labute approximate surface area is 145 Å². The molecule has 2 rings (SSSR count). The third kappa shape index (κ3) is 5.36. The van der Waals surface area contributed by atoms with Crippen molar-refractivity contribution in [1.82, 2.24) is 0 Å². The third-order valence-corrected chi connectivity index (χ3v) is 4.47. The normalized spacial score (nSPS) is 12.2. The maximum atomic E-state index is 10.1. The van der Waals surface area contributed by atoms with Crippen LogP contribution >= 0.6 is 0 Å². The molecule has 0 atom stereocenters. The van der Waals surface area contributed by atoms with Gasteiger partial charge in [-0.2, -0.15) is 0 Å². The molecule has 0 unspecified atom stereocenters. The quantitative estimate of drug-likeness (QED) is 0.782. The number of aliphatic hydroxyl groups is 1. The summed E-state index contributed by atoms with van der Waals surface area (Å²) in [5, 5.41) is 10.1. The summed E-state index contributed by atoms with van der Waals surface area (Å²) >= 11 is 0. The molecule has 0 bridgehead atoms. The van der Waals surface area contributed by atoms with E-state index in [0.29, 0.717) is 13.2 Å². The maximum Gasteiger partial charge on any atom is 0.120 e. The van der Waals surface area contributed by atoms with Gasteiger partial charge in [0.15, 0.2) is 0 Å². The van der Waals surface area contributed by atoms with Gasteiger partial charge < -0.3 is 14.6 Å². The summed E-state index contributed by atoms with van der Waals surface area (Å²) in [5.74, 6) is 0.859. The Morgan fingerprint density at radius 2 is 1.54 bits per heavy atom. The molecule has 0 aromatic heterocycles. The van der Waals surface area contributed by atoms with E-state index >= 15 is 0 Å². The average molecular weight is 328 g/mol. The number of hydrogen-bond acceptors (Lipinski definition) is 3. The minimum absolute atomic E-state index is 0.555. The van der Waals surface area contributed by atoms with Crippen molar-refractivity contribution < 1.29 is 14.6 Å². The first-order valence-corrected chi connectivity index (χ1v) is 8.40. The van der Waals surface area contributed by atoms with E-state index in [1.807, 2.05) is 50.2 Å². The summed E-state index contributed by atoms with van der Waals surface area (Å²) in [6.07, 6.45) is 0.780. The van der Waals surface area contributed by atoms with Crippen LogP contribution in [0.15, 0.2) is 54.6 Å². The van der Waals surface area contributed by atoms with E-state index in [-0.39, 0.29) is 0 Å². The highest BCUT2D eigenvalue weighted by Crippen LogP contribution is 2.25. The van der Waals surface area contributed by atoms with Gasteiger partial charge in [-0.15, -0.1) is 0 Å². The van der Waals surface area contributed by atoms with Gasteiger partial charge in [-0.1, -0.05) is 42.5 Å². The Balaban J connectivity index is 1.86. The number of rotatable bonds is 8. The second-order valence-electron chi connectivity index (χ2n) is 7.09. The van der Waals surface area contributed by atoms with Gasteiger partial charge in [0, 0.05) is 0 Å². The van der Waals surface area contributed by atoms with Gasteiger partial charge in [0.05, 0.1) is 17.8 Å². The third-order valence-electron chi connectivity index (χ3n) is 4.47. The molecule has 0 spiro atoms. The molecule has 0 aliphatic heterocycles. The molecule has 0 radical (unpaired) electrons. The van der Waals surface area contributed by atoms with Crippen LogP contribution in [0.1, 0.15) is 38.8 Å². The van der Waals surface area contributed by atoms with Crippen molar-refractivity contribution >= 4 is 0 Å². The molecule has 2 aromatic rings. The summed E-state index contributed by atoms with van der Waals surface area (Å²) in [6, 6.07) is 18.2. The van der Waals surface area contributed by atoms with Crippen LogP contribution in [-0.2, 0) is 17.8 Å². The number of benzene rings is 2. The van der Waals surface area contributed by atoms with E-state index in [9.17, 15) is 5.11 Å². The van der Waals surface area contributed by atoms with Gasteiger partial charge in [0.25, 0.3) is 0 Å². The first-order valence-electron chi connectivity index (χ1n) is 8.40. The van der Waals surface area contributed by atoms with Crippen LogP contribution in [0.2, 0.25) is 0 Å². The minimum Gasteiger partial charge on any atom is -0.489 e. The Morgan fingerprint density at radius 3 is 2.21 bits per heavy atom. The van der Waals surface area contributed by atoms with Gasteiger partial charge in [-0.25, -0.2) is 0 Å². The summed E-state index contributed by atoms with van der Waals surface area (Å²) in [7, 11) is 0. The molecule has 130 valence electrons. The van der Waals surface area contributed by atoms with Crippen LogP contribution in [0.5, 0.6) is 5.75 Å². The standard InChI is InChI=1S/C21H28O3/c1-20(2,22)21(3,4)24-14-13-17-11-8-12-19(15-17)23-16-18-9-6-5-7-10-18/h5-12,15,22H,13-14,16H2,1-4H3. The van der Waals surface area contributed by atoms with Crippen molar-refractivity contribution in [3.05, 3.63) is 65.7 Å². The lowest BCUT2D eigenvalue weighted by Gasteiger charge is -2.37. The fourth-order valence-corrected chi connectivity index (χ4v) is 2.13. The molecular weight excluding hydrogens is 300 g/mol. The Bertz CT molecular complexity index is 627. The predicted molar refractivity (Wildman–Crippen MR) is 97.2 cm³/mol. The van der Waals surface area contributed by atoms with Crippen molar-refractivity contribution in [2.75, 3.05) is 6.61 Å². The highest BCUT2D eigenvalue weighted by molar-refractivity contribution is 5.29. The fraction of sp³-hybridized carbons (Fsp3) is 0.429. The van der Waals surface area contributed by atoms with Crippen LogP contribution in [0.3, 0.4) is 0 Å². The summed E-state index contributed by atoms with van der Waals surface area (Å²) in [5.41, 5.74) is 0.840. The lowest BCUT2D eigenvalue weighted by atomic mass is 9.89. The van der Waals surface area contributed by atoms with E-state index in [0.717, 1.165) is 23.3 Å². The molecule has 24 heavy (non-hydrogen) atoms. The van der Waals surface area contributed by atoms with E-state index in [2.05, 4.69) is 18.2 Å². The highest BCUT2D eigenvalue weighted by Gasteiger charge is 2.35. The molecule has 2 aromatic carbocycles. The molecule has 1 N–H and O–H groups in total. The molecule has 3 heteroatoms. The van der Waals surface area contributed by atoms with Crippen molar-refractivity contribution in [2.24, 2.45) is 0 Å². The van der Waals surface area contributed by atoms with Crippen molar-refractivity contribution in [1.29, 1.82) is 0 Å². The smallest absolute Gasteiger partial charge is 0.120 e. The van der Waals surface area contributed by atoms with E-state index < -0.39 is 11.2 Å². The molecule has 0 aliphatic carbocycles. The van der Waals surface area contributed by atoms with Crippen LogP contribution in [-0.4, -0.2) is 22.9 Å².